The molecular weight excluding hydrogens is 384 g/mol. The maximum Gasteiger partial charge on any atom is 0.248 e. The highest BCUT2D eigenvalue weighted by Gasteiger charge is 2.22. The Kier molecular flexibility index (Phi) is 5.26. The number of fused-ring (bicyclic) bond motifs is 1. The van der Waals surface area contributed by atoms with Crippen molar-refractivity contribution in [3.63, 3.8) is 0 Å². The minimum Gasteiger partial charge on any atom is -0.326 e. The van der Waals surface area contributed by atoms with E-state index in [1.165, 1.54) is 11.1 Å². The Morgan fingerprint density at radius 3 is 2.42 bits per heavy atom. The quantitative estimate of drug-likeness (QED) is 0.552. The summed E-state index contributed by atoms with van der Waals surface area (Å²) in [6.45, 7) is 2.82. The molecule has 156 valence electrons. The molecule has 4 aromatic rings. The number of nitrogens with one attached hydrogen (secondary N) is 1. The summed E-state index contributed by atoms with van der Waals surface area (Å²) in [5.41, 5.74) is 7.57. The van der Waals surface area contributed by atoms with Crippen molar-refractivity contribution in [2.45, 2.75) is 19.4 Å². The third kappa shape index (κ3) is 4.09. The van der Waals surface area contributed by atoms with Crippen LogP contribution in [0.2, 0.25) is 0 Å². The molecule has 0 amide bonds. The molecule has 5 heteroatoms. The van der Waals surface area contributed by atoms with Crippen LogP contribution in [0.1, 0.15) is 16.8 Å². The van der Waals surface area contributed by atoms with Gasteiger partial charge in [0.25, 0.3) is 0 Å². The fraction of sp³-hybridized carbons (Fsp3) is 0.231. The first-order valence-corrected chi connectivity index (χ1v) is 10.8. The number of hydrogen-bond acceptors (Lipinski definition) is 3. The third-order valence-corrected chi connectivity index (χ3v) is 6.01. The first-order chi connectivity index (χ1) is 15.2. The highest BCUT2D eigenvalue weighted by Crippen LogP contribution is 2.34. The number of pyridine rings is 1. The molecule has 0 unspecified atom stereocenters. The lowest BCUT2D eigenvalue weighted by atomic mass is 9.94. The molecule has 5 nitrogen and oxygen atoms in total. The zero-order valence-electron chi connectivity index (χ0n) is 17.7. The van der Waals surface area contributed by atoms with Gasteiger partial charge in [0, 0.05) is 62.2 Å². The second kappa shape index (κ2) is 8.36. The highest BCUT2D eigenvalue weighted by atomic mass is 16.1. The molecule has 31 heavy (non-hydrogen) atoms. The molecule has 0 bridgehead atoms. The molecule has 2 aromatic heterocycles. The summed E-state index contributed by atoms with van der Waals surface area (Å²) in [4.78, 5) is 18.2. The van der Waals surface area contributed by atoms with E-state index in [1.807, 2.05) is 36.1 Å². The van der Waals surface area contributed by atoms with E-state index in [9.17, 15) is 4.79 Å². The molecule has 1 aliphatic heterocycles. The van der Waals surface area contributed by atoms with Crippen LogP contribution < -0.4 is 5.56 Å². The van der Waals surface area contributed by atoms with Crippen LogP contribution in [-0.2, 0) is 26.4 Å². The van der Waals surface area contributed by atoms with Crippen molar-refractivity contribution in [3.8, 4) is 22.4 Å². The van der Waals surface area contributed by atoms with Crippen LogP contribution in [0.3, 0.4) is 0 Å². The van der Waals surface area contributed by atoms with Gasteiger partial charge in [-0.05, 0) is 23.1 Å². The fourth-order valence-electron chi connectivity index (χ4n) is 4.53. The minimum absolute atomic E-state index is 0.0480. The molecule has 0 atom stereocenters. The van der Waals surface area contributed by atoms with Gasteiger partial charge in [-0.3, -0.25) is 14.4 Å². The van der Waals surface area contributed by atoms with Crippen molar-refractivity contribution in [3.05, 3.63) is 100 Å². The van der Waals surface area contributed by atoms with Crippen LogP contribution in [-0.4, -0.2) is 32.8 Å². The van der Waals surface area contributed by atoms with Gasteiger partial charge in [-0.1, -0.05) is 60.7 Å². The van der Waals surface area contributed by atoms with Gasteiger partial charge in [-0.15, -0.1) is 0 Å². The van der Waals surface area contributed by atoms with E-state index in [0.29, 0.717) is 0 Å². The molecule has 0 radical (unpaired) electrons. The molecule has 0 saturated carbocycles. The number of rotatable bonds is 4. The van der Waals surface area contributed by atoms with Crippen LogP contribution in [0.4, 0.5) is 0 Å². The van der Waals surface area contributed by atoms with E-state index in [-0.39, 0.29) is 5.56 Å². The van der Waals surface area contributed by atoms with Gasteiger partial charge in [0.2, 0.25) is 5.56 Å². The Labute approximate surface area is 182 Å². The van der Waals surface area contributed by atoms with Gasteiger partial charge in [0.15, 0.2) is 0 Å². The van der Waals surface area contributed by atoms with Crippen LogP contribution in [0.15, 0.2) is 77.7 Å². The van der Waals surface area contributed by atoms with Crippen molar-refractivity contribution < 1.29 is 0 Å². The summed E-state index contributed by atoms with van der Waals surface area (Å²) in [5.74, 6) is 0. The van der Waals surface area contributed by atoms with Gasteiger partial charge in [0.1, 0.15) is 5.69 Å². The van der Waals surface area contributed by atoms with Crippen LogP contribution in [0, 0.1) is 0 Å². The Bertz CT molecular complexity index is 1240. The minimum atomic E-state index is -0.0480. The lowest BCUT2D eigenvalue weighted by Gasteiger charge is -2.19. The van der Waals surface area contributed by atoms with Crippen LogP contribution in [0.5, 0.6) is 0 Å². The molecule has 2 aromatic carbocycles. The summed E-state index contributed by atoms with van der Waals surface area (Å²) in [6.07, 6.45) is 3.77. The van der Waals surface area contributed by atoms with Crippen molar-refractivity contribution >= 4 is 0 Å². The molecule has 5 rings (SSSR count). The normalized spacial score (nSPS) is 14.2. The van der Waals surface area contributed by atoms with E-state index < -0.39 is 0 Å². The number of hydrogen-bond donors (Lipinski definition) is 1. The summed E-state index contributed by atoms with van der Waals surface area (Å²) in [6, 6.07) is 22.5. The highest BCUT2D eigenvalue weighted by molar-refractivity contribution is 5.82. The molecule has 3 heterocycles. The summed E-state index contributed by atoms with van der Waals surface area (Å²) >= 11 is 0. The maximum absolute atomic E-state index is 12.6. The zero-order chi connectivity index (χ0) is 21.2. The molecular formula is C26H26N4O. The number of aromatic nitrogens is 3. The van der Waals surface area contributed by atoms with Crippen molar-refractivity contribution in [2.75, 3.05) is 13.1 Å². The van der Waals surface area contributed by atoms with E-state index in [4.69, 9.17) is 5.10 Å². The van der Waals surface area contributed by atoms with E-state index in [2.05, 4.69) is 52.3 Å². The molecule has 0 saturated heterocycles. The first kappa shape index (κ1) is 19.5. The lowest BCUT2D eigenvalue weighted by Crippen LogP contribution is -2.25. The Morgan fingerprint density at radius 2 is 1.65 bits per heavy atom. The maximum atomic E-state index is 12.6. The second-order valence-electron chi connectivity index (χ2n) is 8.20. The first-order valence-electron chi connectivity index (χ1n) is 10.8. The summed E-state index contributed by atoms with van der Waals surface area (Å²) < 4.78 is 1.84. The topological polar surface area (TPSA) is 53.9 Å². The predicted octanol–water partition coefficient (Wildman–Crippen LogP) is 4.04. The van der Waals surface area contributed by atoms with Gasteiger partial charge in [0.05, 0.1) is 0 Å². The standard InChI is InChI=1S/C26H26N4O/c1-29-18-23(26(28-29)20-10-6-3-7-11-20)22-16-25(31)27-24-13-15-30(14-12-21(22)24)17-19-8-4-2-5-9-19/h2-11,16,18H,12-15,17H2,1H3,(H,27,31). The van der Waals surface area contributed by atoms with Crippen LogP contribution in [0.25, 0.3) is 22.4 Å². The number of aromatic amines is 1. The number of benzene rings is 2. The smallest absolute Gasteiger partial charge is 0.248 e. The zero-order valence-corrected chi connectivity index (χ0v) is 17.7. The Morgan fingerprint density at radius 1 is 0.935 bits per heavy atom. The third-order valence-electron chi connectivity index (χ3n) is 6.01. The molecule has 1 N–H and O–H groups in total. The summed E-state index contributed by atoms with van der Waals surface area (Å²) in [7, 11) is 1.93. The molecule has 0 aliphatic carbocycles. The van der Waals surface area contributed by atoms with Gasteiger partial charge in [-0.2, -0.15) is 5.10 Å². The van der Waals surface area contributed by atoms with E-state index >= 15 is 0 Å². The second-order valence-corrected chi connectivity index (χ2v) is 8.20. The largest absolute Gasteiger partial charge is 0.326 e. The van der Waals surface area contributed by atoms with Crippen molar-refractivity contribution in [1.29, 1.82) is 0 Å². The number of aryl methyl sites for hydroxylation is 1. The van der Waals surface area contributed by atoms with Crippen molar-refractivity contribution in [2.24, 2.45) is 7.05 Å². The lowest BCUT2D eigenvalue weighted by molar-refractivity contribution is 0.279. The number of nitrogens with zero attached hydrogens (tertiary/aromatic N) is 3. The van der Waals surface area contributed by atoms with E-state index in [1.54, 1.807) is 6.07 Å². The monoisotopic (exact) mass is 410 g/mol. The van der Waals surface area contributed by atoms with Gasteiger partial charge >= 0.3 is 0 Å². The van der Waals surface area contributed by atoms with Gasteiger partial charge < -0.3 is 4.98 Å². The van der Waals surface area contributed by atoms with Gasteiger partial charge in [-0.25, -0.2) is 0 Å². The Hall–Kier alpha value is -3.44. The SMILES string of the molecule is Cn1cc(-c2cc(=O)[nH]c3c2CCN(Cc2ccccc2)CC3)c(-c2ccccc2)n1. The fourth-order valence-corrected chi connectivity index (χ4v) is 4.53. The molecule has 0 fully saturated rings. The van der Waals surface area contributed by atoms with Crippen molar-refractivity contribution in [1.82, 2.24) is 19.7 Å². The van der Waals surface area contributed by atoms with E-state index in [0.717, 1.165) is 60.6 Å². The van der Waals surface area contributed by atoms with Crippen LogP contribution >= 0.6 is 0 Å². The average molecular weight is 411 g/mol. The molecule has 0 spiro atoms. The summed E-state index contributed by atoms with van der Waals surface area (Å²) in [5, 5.41) is 4.72. The Balaban J connectivity index is 1.52. The predicted molar refractivity (Wildman–Crippen MR) is 124 cm³/mol. The average Bonchev–Trinajstić information content (AvgIpc) is 3.07. The molecule has 1 aliphatic rings. The number of H-pyrrole nitrogens is 1.